The second-order valence-electron chi connectivity index (χ2n) is 4.74. The van der Waals surface area contributed by atoms with Gasteiger partial charge in [0.05, 0.1) is 5.56 Å². The fourth-order valence-corrected chi connectivity index (χ4v) is 2.16. The van der Waals surface area contributed by atoms with Gasteiger partial charge >= 0.3 is 6.18 Å². The third kappa shape index (κ3) is 3.76. The minimum absolute atomic E-state index is 0.0909. The standard InChI is InChI=1S/C13H17F3N2O/c14-13(15,16)11-7-10(17)1-2-12(11)18-8-9-3-5-19-6-4-9/h1-2,7,9,18H,3-6,8,17H2. The average Bonchev–Trinajstić information content (AvgIpc) is 2.37. The quantitative estimate of drug-likeness (QED) is 0.832. The third-order valence-electron chi connectivity index (χ3n) is 3.27. The van der Waals surface area contributed by atoms with Gasteiger partial charge in [0.15, 0.2) is 0 Å². The maximum absolute atomic E-state index is 12.9. The van der Waals surface area contributed by atoms with Gasteiger partial charge < -0.3 is 15.8 Å². The summed E-state index contributed by atoms with van der Waals surface area (Å²) in [7, 11) is 0. The van der Waals surface area contributed by atoms with Gasteiger partial charge in [0.1, 0.15) is 0 Å². The van der Waals surface area contributed by atoms with Crippen LogP contribution in [0.2, 0.25) is 0 Å². The predicted molar refractivity (Wildman–Crippen MR) is 67.9 cm³/mol. The molecule has 1 fully saturated rings. The van der Waals surface area contributed by atoms with E-state index in [2.05, 4.69) is 5.32 Å². The Morgan fingerprint density at radius 3 is 2.58 bits per heavy atom. The zero-order valence-electron chi connectivity index (χ0n) is 10.5. The van der Waals surface area contributed by atoms with Gasteiger partial charge in [-0.25, -0.2) is 0 Å². The minimum atomic E-state index is -4.40. The van der Waals surface area contributed by atoms with Crippen molar-refractivity contribution < 1.29 is 17.9 Å². The van der Waals surface area contributed by atoms with E-state index in [-0.39, 0.29) is 11.4 Å². The predicted octanol–water partition coefficient (Wildman–Crippen LogP) is 3.13. The molecule has 6 heteroatoms. The van der Waals surface area contributed by atoms with Crippen molar-refractivity contribution >= 4 is 11.4 Å². The molecule has 0 radical (unpaired) electrons. The Labute approximate surface area is 109 Å². The molecule has 2 rings (SSSR count). The number of benzene rings is 1. The van der Waals surface area contributed by atoms with Crippen LogP contribution in [0.5, 0.6) is 0 Å². The highest BCUT2D eigenvalue weighted by molar-refractivity contribution is 5.59. The molecule has 1 heterocycles. The fraction of sp³-hybridized carbons (Fsp3) is 0.538. The Hall–Kier alpha value is -1.43. The highest BCUT2D eigenvalue weighted by Gasteiger charge is 2.33. The number of nitrogen functional groups attached to an aromatic ring is 1. The van der Waals surface area contributed by atoms with Gasteiger partial charge in [-0.3, -0.25) is 0 Å². The van der Waals surface area contributed by atoms with E-state index in [1.54, 1.807) is 0 Å². The van der Waals surface area contributed by atoms with Crippen molar-refractivity contribution in [3.05, 3.63) is 23.8 Å². The van der Waals surface area contributed by atoms with Crippen molar-refractivity contribution in [3.63, 3.8) is 0 Å². The zero-order valence-corrected chi connectivity index (χ0v) is 10.5. The summed E-state index contributed by atoms with van der Waals surface area (Å²) in [5.41, 5.74) is 4.92. The molecule has 0 bridgehead atoms. The Balaban J connectivity index is 2.06. The molecule has 19 heavy (non-hydrogen) atoms. The molecule has 1 aromatic rings. The topological polar surface area (TPSA) is 47.3 Å². The molecule has 0 amide bonds. The van der Waals surface area contributed by atoms with Gasteiger partial charge in [0.2, 0.25) is 0 Å². The summed E-state index contributed by atoms with van der Waals surface area (Å²) >= 11 is 0. The summed E-state index contributed by atoms with van der Waals surface area (Å²) < 4.78 is 43.9. The second-order valence-corrected chi connectivity index (χ2v) is 4.74. The van der Waals surface area contributed by atoms with Gasteiger partial charge in [-0.1, -0.05) is 0 Å². The first-order valence-corrected chi connectivity index (χ1v) is 6.25. The number of hydrogen-bond donors (Lipinski definition) is 2. The monoisotopic (exact) mass is 274 g/mol. The number of ether oxygens (including phenoxy) is 1. The van der Waals surface area contributed by atoms with E-state index in [1.165, 1.54) is 12.1 Å². The lowest BCUT2D eigenvalue weighted by atomic mass is 10.00. The molecule has 3 N–H and O–H groups in total. The lowest BCUT2D eigenvalue weighted by molar-refractivity contribution is -0.136. The summed E-state index contributed by atoms with van der Waals surface area (Å²) in [5.74, 6) is 0.354. The maximum atomic E-state index is 12.9. The van der Waals surface area contributed by atoms with Crippen LogP contribution in [0, 0.1) is 5.92 Å². The van der Waals surface area contributed by atoms with Crippen LogP contribution in [-0.4, -0.2) is 19.8 Å². The molecule has 1 aliphatic heterocycles. The van der Waals surface area contributed by atoms with Crippen molar-refractivity contribution in [2.24, 2.45) is 5.92 Å². The first kappa shape index (κ1) is 14.0. The first-order chi connectivity index (χ1) is 8.97. The van der Waals surface area contributed by atoms with Gasteiger partial charge in [-0.05, 0) is 37.0 Å². The number of halogens is 3. The third-order valence-corrected chi connectivity index (χ3v) is 3.27. The van der Waals surface area contributed by atoms with Crippen LogP contribution >= 0.6 is 0 Å². The Morgan fingerprint density at radius 2 is 1.95 bits per heavy atom. The summed E-state index contributed by atoms with van der Waals surface area (Å²) in [6.07, 6.45) is -2.64. The number of nitrogens with two attached hydrogens (primary N) is 1. The van der Waals surface area contributed by atoms with Crippen LogP contribution in [0.25, 0.3) is 0 Å². The van der Waals surface area contributed by atoms with E-state index in [0.717, 1.165) is 18.9 Å². The van der Waals surface area contributed by atoms with Gasteiger partial charge in [-0.2, -0.15) is 13.2 Å². The van der Waals surface area contributed by atoms with E-state index in [1.807, 2.05) is 0 Å². The van der Waals surface area contributed by atoms with Crippen LogP contribution < -0.4 is 11.1 Å². The highest BCUT2D eigenvalue weighted by atomic mass is 19.4. The van der Waals surface area contributed by atoms with E-state index in [9.17, 15) is 13.2 Å². The second kappa shape index (κ2) is 5.69. The number of anilines is 2. The smallest absolute Gasteiger partial charge is 0.399 e. The van der Waals surface area contributed by atoms with Crippen LogP contribution in [0.4, 0.5) is 24.5 Å². The normalized spacial score (nSPS) is 17.4. The summed E-state index contributed by atoms with van der Waals surface area (Å²) in [6.45, 7) is 1.89. The Morgan fingerprint density at radius 1 is 1.26 bits per heavy atom. The summed E-state index contributed by atoms with van der Waals surface area (Å²) in [6, 6.07) is 3.82. The van der Waals surface area contributed by atoms with E-state index >= 15 is 0 Å². The molecule has 1 aromatic carbocycles. The van der Waals surface area contributed by atoms with Crippen molar-refractivity contribution in [2.75, 3.05) is 30.8 Å². The number of rotatable bonds is 3. The Kier molecular flexibility index (Phi) is 4.19. The molecule has 0 saturated carbocycles. The summed E-state index contributed by atoms with van der Waals surface area (Å²) in [5, 5.41) is 2.89. The molecule has 0 aromatic heterocycles. The fourth-order valence-electron chi connectivity index (χ4n) is 2.16. The number of alkyl halides is 3. The summed E-state index contributed by atoms with van der Waals surface area (Å²) in [4.78, 5) is 0. The van der Waals surface area contributed by atoms with Crippen LogP contribution in [0.3, 0.4) is 0 Å². The van der Waals surface area contributed by atoms with Crippen LogP contribution in [-0.2, 0) is 10.9 Å². The SMILES string of the molecule is Nc1ccc(NCC2CCOCC2)c(C(F)(F)F)c1. The molecular weight excluding hydrogens is 257 g/mol. The van der Waals surface area contributed by atoms with Gasteiger partial charge in [0.25, 0.3) is 0 Å². The van der Waals surface area contributed by atoms with Crippen molar-refractivity contribution in [2.45, 2.75) is 19.0 Å². The Bertz CT molecular complexity index is 428. The van der Waals surface area contributed by atoms with Crippen molar-refractivity contribution in [1.82, 2.24) is 0 Å². The molecule has 3 nitrogen and oxygen atoms in total. The van der Waals surface area contributed by atoms with E-state index < -0.39 is 11.7 Å². The number of hydrogen-bond acceptors (Lipinski definition) is 3. The van der Waals surface area contributed by atoms with Gasteiger partial charge in [0, 0.05) is 31.1 Å². The maximum Gasteiger partial charge on any atom is 0.418 e. The molecular formula is C13H17F3N2O. The highest BCUT2D eigenvalue weighted by Crippen LogP contribution is 2.36. The largest absolute Gasteiger partial charge is 0.418 e. The lowest BCUT2D eigenvalue weighted by Gasteiger charge is -2.23. The van der Waals surface area contributed by atoms with Crippen LogP contribution in [0.1, 0.15) is 18.4 Å². The lowest BCUT2D eigenvalue weighted by Crippen LogP contribution is -2.23. The van der Waals surface area contributed by atoms with Crippen molar-refractivity contribution in [3.8, 4) is 0 Å². The van der Waals surface area contributed by atoms with E-state index in [0.29, 0.717) is 25.7 Å². The molecule has 0 aliphatic carbocycles. The number of nitrogens with one attached hydrogen (secondary N) is 1. The van der Waals surface area contributed by atoms with Crippen LogP contribution in [0.15, 0.2) is 18.2 Å². The molecule has 1 saturated heterocycles. The van der Waals surface area contributed by atoms with Crippen molar-refractivity contribution in [1.29, 1.82) is 0 Å². The first-order valence-electron chi connectivity index (χ1n) is 6.25. The molecule has 0 unspecified atom stereocenters. The minimum Gasteiger partial charge on any atom is -0.399 e. The van der Waals surface area contributed by atoms with Gasteiger partial charge in [-0.15, -0.1) is 0 Å². The molecule has 106 valence electrons. The molecule has 1 aliphatic rings. The molecule has 0 spiro atoms. The zero-order chi connectivity index (χ0) is 13.9. The average molecular weight is 274 g/mol. The molecule has 0 atom stereocenters. The van der Waals surface area contributed by atoms with E-state index in [4.69, 9.17) is 10.5 Å².